The van der Waals surface area contributed by atoms with Crippen molar-refractivity contribution in [2.45, 2.75) is 24.7 Å². The third-order valence-electron chi connectivity index (χ3n) is 2.19. The van der Waals surface area contributed by atoms with E-state index in [4.69, 9.17) is 9.84 Å². The summed E-state index contributed by atoms with van der Waals surface area (Å²) < 4.78 is 5.24. The molecule has 1 rings (SSSR count). The number of hydrogen-bond acceptors (Lipinski definition) is 6. The van der Waals surface area contributed by atoms with Gasteiger partial charge >= 0.3 is 0 Å². The highest BCUT2D eigenvalue weighted by atomic mass is 17.5. The zero-order valence-electron chi connectivity index (χ0n) is 7.43. The van der Waals surface area contributed by atoms with Crippen molar-refractivity contribution in [3.63, 3.8) is 0 Å². The Bertz CT molecular complexity index is 145. The van der Waals surface area contributed by atoms with Gasteiger partial charge < -0.3 is 20.4 Å². The Kier molecular flexibility index (Phi) is 4.57. The van der Waals surface area contributed by atoms with E-state index < -0.39 is 12.2 Å². The molecular weight excluding hydrogens is 178 g/mol. The van der Waals surface area contributed by atoms with E-state index in [2.05, 4.69) is 15.2 Å². The lowest BCUT2D eigenvalue weighted by Crippen LogP contribution is -2.49. The van der Waals surface area contributed by atoms with Crippen molar-refractivity contribution in [2.75, 3.05) is 20.3 Å². The van der Waals surface area contributed by atoms with E-state index in [0.717, 1.165) is 0 Å². The summed E-state index contributed by atoms with van der Waals surface area (Å²) in [5, 5.41) is 25.0. The first-order valence-corrected chi connectivity index (χ1v) is 4.16. The van der Waals surface area contributed by atoms with Crippen molar-refractivity contribution in [1.29, 1.82) is 0 Å². The van der Waals surface area contributed by atoms with E-state index in [1.165, 1.54) is 0 Å². The van der Waals surface area contributed by atoms with Gasteiger partial charge in [0.15, 0.2) is 0 Å². The molecule has 1 aliphatic heterocycles. The molecule has 1 heterocycles. The molecule has 3 atom stereocenters. The Morgan fingerprint density at radius 2 is 2.46 bits per heavy atom. The maximum absolute atomic E-state index is 9.77. The number of hydrogen-bond donors (Lipinski definition) is 2. The first-order chi connectivity index (χ1) is 6.31. The first-order valence-electron chi connectivity index (χ1n) is 4.16. The molecule has 78 valence electrons. The molecule has 0 saturated carbocycles. The van der Waals surface area contributed by atoms with Gasteiger partial charge in [-0.3, -0.25) is 5.04 Å². The smallest absolute Gasteiger partial charge is 0.122 e. The highest BCUT2D eigenvalue weighted by Crippen LogP contribution is 2.17. The predicted molar refractivity (Wildman–Crippen MR) is 40.2 cm³/mol. The molecular formula is C7H14NO5-. The SMILES string of the molecule is CNC1COC(CO)[C@H](OO[O-])C1. The van der Waals surface area contributed by atoms with Gasteiger partial charge in [0.1, 0.15) is 12.2 Å². The van der Waals surface area contributed by atoms with Crippen molar-refractivity contribution in [1.82, 2.24) is 5.32 Å². The minimum Gasteiger partial charge on any atom is -0.692 e. The van der Waals surface area contributed by atoms with E-state index in [1.807, 2.05) is 0 Å². The van der Waals surface area contributed by atoms with E-state index in [-0.39, 0.29) is 12.6 Å². The van der Waals surface area contributed by atoms with E-state index in [1.54, 1.807) is 7.05 Å². The van der Waals surface area contributed by atoms with Crippen LogP contribution in [-0.2, 0) is 14.7 Å². The molecule has 0 bridgehead atoms. The number of aliphatic hydroxyl groups is 1. The summed E-state index contributed by atoms with van der Waals surface area (Å²) in [6, 6.07) is 0.128. The Morgan fingerprint density at radius 3 is 3.00 bits per heavy atom. The van der Waals surface area contributed by atoms with Gasteiger partial charge in [0.05, 0.1) is 13.2 Å². The summed E-state index contributed by atoms with van der Waals surface area (Å²) in [6.45, 7) is 0.324. The van der Waals surface area contributed by atoms with Crippen LogP contribution < -0.4 is 10.6 Å². The number of nitrogens with one attached hydrogen (secondary N) is 1. The van der Waals surface area contributed by atoms with Crippen LogP contribution in [0.4, 0.5) is 0 Å². The summed E-state index contributed by atoms with van der Waals surface area (Å²) >= 11 is 0. The number of aliphatic hydroxyl groups excluding tert-OH is 1. The van der Waals surface area contributed by atoms with Crippen molar-refractivity contribution >= 4 is 0 Å². The molecule has 0 spiro atoms. The zero-order chi connectivity index (χ0) is 9.68. The van der Waals surface area contributed by atoms with Gasteiger partial charge in [-0.2, -0.15) is 0 Å². The van der Waals surface area contributed by atoms with Gasteiger partial charge in [0, 0.05) is 6.04 Å². The highest BCUT2D eigenvalue weighted by molar-refractivity contribution is 4.81. The van der Waals surface area contributed by atoms with E-state index in [9.17, 15) is 5.26 Å². The fourth-order valence-electron chi connectivity index (χ4n) is 1.37. The number of ether oxygens (including phenoxy) is 1. The molecule has 1 aliphatic rings. The Balaban J connectivity index is 2.42. The molecule has 0 aromatic rings. The van der Waals surface area contributed by atoms with Gasteiger partial charge in [-0.05, 0) is 13.5 Å². The van der Waals surface area contributed by atoms with Crippen LogP contribution in [0.1, 0.15) is 6.42 Å². The van der Waals surface area contributed by atoms with Crippen LogP contribution in [0.5, 0.6) is 0 Å². The molecule has 0 radical (unpaired) electrons. The molecule has 0 aromatic heterocycles. The lowest BCUT2D eigenvalue weighted by molar-refractivity contribution is -0.806. The predicted octanol–water partition coefficient (Wildman–Crippen LogP) is -2.05. The van der Waals surface area contributed by atoms with Crippen LogP contribution >= 0.6 is 0 Å². The average Bonchev–Trinajstić information content (AvgIpc) is 2.18. The van der Waals surface area contributed by atoms with Crippen LogP contribution in [0.3, 0.4) is 0 Å². The summed E-state index contributed by atoms with van der Waals surface area (Å²) in [4.78, 5) is 4.44. The Labute approximate surface area is 76.3 Å². The minimum absolute atomic E-state index is 0.128. The second-order valence-electron chi connectivity index (χ2n) is 2.98. The summed E-state index contributed by atoms with van der Waals surface area (Å²) in [6.07, 6.45) is -0.392. The summed E-state index contributed by atoms with van der Waals surface area (Å²) in [5.41, 5.74) is 0. The lowest BCUT2D eigenvalue weighted by atomic mass is 10.0. The van der Waals surface area contributed by atoms with Gasteiger partial charge in [0.2, 0.25) is 0 Å². The van der Waals surface area contributed by atoms with Crippen LogP contribution in [0.15, 0.2) is 0 Å². The van der Waals surface area contributed by atoms with Gasteiger partial charge in [-0.15, -0.1) is 0 Å². The second kappa shape index (κ2) is 5.48. The van der Waals surface area contributed by atoms with Crippen LogP contribution in [0.2, 0.25) is 0 Å². The molecule has 2 unspecified atom stereocenters. The van der Waals surface area contributed by atoms with Crippen molar-refractivity contribution in [3.05, 3.63) is 0 Å². The maximum atomic E-state index is 9.77. The third kappa shape index (κ3) is 2.87. The number of rotatable bonds is 4. The highest BCUT2D eigenvalue weighted by Gasteiger charge is 2.31. The monoisotopic (exact) mass is 192 g/mol. The molecule has 0 amide bonds. The van der Waals surface area contributed by atoms with Crippen LogP contribution in [-0.4, -0.2) is 43.6 Å². The largest absolute Gasteiger partial charge is 0.692 e. The first kappa shape index (κ1) is 10.8. The summed E-state index contributed by atoms with van der Waals surface area (Å²) in [7, 11) is 1.79. The van der Waals surface area contributed by atoms with E-state index >= 15 is 0 Å². The van der Waals surface area contributed by atoms with Crippen molar-refractivity contribution < 1.29 is 25.0 Å². The fraction of sp³-hybridized carbons (Fsp3) is 1.00. The topological polar surface area (TPSA) is 83.0 Å². The van der Waals surface area contributed by atoms with Crippen molar-refractivity contribution in [3.8, 4) is 0 Å². The third-order valence-corrected chi connectivity index (χ3v) is 2.19. The van der Waals surface area contributed by atoms with Crippen LogP contribution in [0.25, 0.3) is 0 Å². The molecule has 0 aliphatic carbocycles. The quantitative estimate of drug-likeness (QED) is 0.394. The van der Waals surface area contributed by atoms with Crippen molar-refractivity contribution in [2.24, 2.45) is 0 Å². The molecule has 1 saturated heterocycles. The molecule has 6 heteroatoms. The maximum Gasteiger partial charge on any atom is 0.122 e. The number of likely N-dealkylation sites (N-methyl/N-ethyl adjacent to an activating group) is 1. The van der Waals surface area contributed by atoms with Gasteiger partial charge in [-0.25, -0.2) is 4.89 Å². The molecule has 1 fully saturated rings. The van der Waals surface area contributed by atoms with Gasteiger partial charge in [0.25, 0.3) is 0 Å². The fourth-order valence-corrected chi connectivity index (χ4v) is 1.37. The molecule has 0 aromatic carbocycles. The normalized spacial score (nSPS) is 34.8. The second-order valence-corrected chi connectivity index (χ2v) is 2.98. The molecule has 2 N–H and O–H groups in total. The Morgan fingerprint density at radius 1 is 1.69 bits per heavy atom. The Hall–Kier alpha value is -0.240. The van der Waals surface area contributed by atoms with Gasteiger partial charge in [-0.1, -0.05) is 0 Å². The lowest BCUT2D eigenvalue weighted by Gasteiger charge is -2.34. The summed E-state index contributed by atoms with van der Waals surface area (Å²) in [5.74, 6) is 0. The molecule has 13 heavy (non-hydrogen) atoms. The molecule has 6 nitrogen and oxygen atoms in total. The van der Waals surface area contributed by atoms with E-state index in [0.29, 0.717) is 13.0 Å². The zero-order valence-corrected chi connectivity index (χ0v) is 7.43. The standard InChI is InChI=1S/C7H15NO5/c1-8-5-2-6(12-13-10)7(3-9)11-4-5/h5-10H,2-4H2,1H3/p-1/t5?,6-,7?/m1/s1. The average molecular weight is 192 g/mol. The van der Waals surface area contributed by atoms with Crippen LogP contribution in [0, 0.1) is 0 Å². The minimum atomic E-state index is -0.506.